The topological polar surface area (TPSA) is 47.9 Å². The van der Waals surface area contributed by atoms with Crippen LogP contribution in [-0.4, -0.2) is 37.5 Å². The highest BCUT2D eigenvalue weighted by atomic mass is 28.4. The highest BCUT2D eigenvalue weighted by Gasteiger charge is 2.51. The van der Waals surface area contributed by atoms with E-state index >= 15 is 0 Å². The van der Waals surface area contributed by atoms with Gasteiger partial charge in [0, 0.05) is 0 Å². The fourth-order valence-corrected chi connectivity index (χ4v) is 3.52. The van der Waals surface area contributed by atoms with E-state index in [0.717, 1.165) is 23.2 Å². The molecule has 0 aliphatic carbocycles. The van der Waals surface area contributed by atoms with Crippen LogP contribution in [0.1, 0.15) is 61.0 Å². The van der Waals surface area contributed by atoms with Crippen molar-refractivity contribution >= 4 is 20.9 Å². The third kappa shape index (κ3) is 4.78. The lowest BCUT2D eigenvalue weighted by Gasteiger charge is -2.35. The zero-order chi connectivity index (χ0) is 20.8. The summed E-state index contributed by atoms with van der Waals surface area (Å²) in [7, 11) is -2.72. The maximum Gasteiger partial charge on any atom is 0.494 e. The second-order valence-corrected chi connectivity index (χ2v) is 14.7. The molecule has 2 rings (SSSR count). The molecular weight excluding hydrogens is 355 g/mol. The average molecular weight is 392 g/mol. The highest BCUT2D eigenvalue weighted by Crippen LogP contribution is 2.41. The second kappa shape index (κ2) is 7.21. The van der Waals surface area contributed by atoms with E-state index in [0.29, 0.717) is 0 Å². The Bertz CT molecular complexity index is 661. The van der Waals surface area contributed by atoms with Crippen LogP contribution in [0.3, 0.4) is 0 Å². The molecule has 0 radical (unpaired) electrons. The Morgan fingerprint density at radius 1 is 1.11 bits per heavy atom. The van der Waals surface area contributed by atoms with Crippen molar-refractivity contribution in [3.05, 3.63) is 23.8 Å². The Morgan fingerprint density at radius 2 is 1.63 bits per heavy atom. The third-order valence-electron chi connectivity index (χ3n) is 6.27. The predicted octanol–water partition coefficient (Wildman–Crippen LogP) is 4.29. The van der Waals surface area contributed by atoms with Gasteiger partial charge in [0.1, 0.15) is 5.75 Å². The van der Waals surface area contributed by atoms with Crippen molar-refractivity contribution < 1.29 is 18.8 Å². The van der Waals surface area contributed by atoms with E-state index in [1.165, 1.54) is 0 Å². The van der Waals surface area contributed by atoms with Gasteiger partial charge in [0.25, 0.3) is 0 Å². The van der Waals surface area contributed by atoms with Gasteiger partial charge in [-0.05, 0) is 83.2 Å². The van der Waals surface area contributed by atoms with Gasteiger partial charge in [-0.15, -0.1) is 0 Å². The molecule has 0 amide bonds. The van der Waals surface area contributed by atoms with Gasteiger partial charge < -0.3 is 18.8 Å². The van der Waals surface area contributed by atoms with Crippen molar-refractivity contribution in [2.45, 2.75) is 97.2 Å². The van der Waals surface area contributed by atoms with Crippen LogP contribution in [-0.2, 0) is 15.7 Å². The lowest BCUT2D eigenvalue weighted by atomic mass is 9.78. The lowest BCUT2D eigenvalue weighted by Crippen LogP contribution is -2.41. The summed E-state index contributed by atoms with van der Waals surface area (Å²) >= 11 is 0. The van der Waals surface area contributed by atoms with Crippen molar-refractivity contribution in [3.8, 4) is 5.75 Å². The Morgan fingerprint density at radius 3 is 2.07 bits per heavy atom. The van der Waals surface area contributed by atoms with Gasteiger partial charge in [0.05, 0.1) is 17.3 Å². The number of rotatable bonds is 6. The fraction of sp³-hybridized carbons (Fsp3) is 0.714. The minimum atomic E-state index is -2.31. The molecule has 4 nitrogen and oxygen atoms in total. The first-order chi connectivity index (χ1) is 12.1. The summed E-state index contributed by atoms with van der Waals surface area (Å²) in [5.74, 6) is 0.850. The molecule has 27 heavy (non-hydrogen) atoms. The van der Waals surface area contributed by atoms with Crippen molar-refractivity contribution in [3.63, 3.8) is 0 Å². The van der Waals surface area contributed by atoms with Crippen LogP contribution in [0.4, 0.5) is 0 Å². The summed E-state index contributed by atoms with van der Waals surface area (Å²) in [5.41, 5.74) is 1.34. The van der Waals surface area contributed by atoms with E-state index in [4.69, 9.17) is 14.0 Å². The van der Waals surface area contributed by atoms with Crippen molar-refractivity contribution in [1.82, 2.24) is 0 Å². The average Bonchev–Trinajstić information content (AvgIpc) is 2.67. The normalized spacial score (nSPS) is 19.6. The van der Waals surface area contributed by atoms with Crippen molar-refractivity contribution in [1.29, 1.82) is 0 Å². The fourth-order valence-electron chi connectivity index (χ4n) is 2.90. The molecular formula is C21H37BO4Si. The van der Waals surface area contributed by atoms with E-state index in [9.17, 15) is 4.80 Å². The minimum Gasteiger partial charge on any atom is -0.491 e. The molecule has 152 valence electrons. The molecule has 1 heterocycles. The lowest BCUT2D eigenvalue weighted by molar-refractivity contribution is 0.00578. The highest BCUT2D eigenvalue weighted by molar-refractivity contribution is 6.72. The van der Waals surface area contributed by atoms with Crippen LogP contribution in [0, 0.1) is 0 Å². The number of benzene rings is 1. The Labute approximate surface area is 166 Å². The molecule has 6 heteroatoms. The largest absolute Gasteiger partial charge is 0.494 e. The number of hydrogen-bond donors (Lipinski definition) is 1. The first kappa shape index (κ1) is 22.5. The zero-order valence-corrected chi connectivity index (χ0v) is 19.8. The molecule has 1 N–H and O–H groups in total. The molecule has 1 fully saturated rings. The summed E-state index contributed by atoms with van der Waals surface area (Å²) in [6.07, 6.45) is 0.841. The first-order valence-electron chi connectivity index (χ1n) is 9.93. The van der Waals surface area contributed by atoms with E-state index < -0.39 is 15.4 Å². The van der Waals surface area contributed by atoms with Gasteiger partial charge in [0.2, 0.25) is 0 Å². The van der Waals surface area contributed by atoms with Crippen LogP contribution in [0.5, 0.6) is 5.75 Å². The summed E-state index contributed by atoms with van der Waals surface area (Å²) < 4.78 is 18.5. The second-order valence-electron chi connectivity index (χ2n) is 10.2. The molecule has 1 saturated heterocycles. The maximum atomic E-state index is 10.7. The Balaban J connectivity index is 2.37. The van der Waals surface area contributed by atoms with Crippen LogP contribution in [0.25, 0.3) is 0 Å². The van der Waals surface area contributed by atoms with Gasteiger partial charge >= 0.3 is 7.12 Å². The molecule has 1 aliphatic heterocycles. The monoisotopic (exact) mass is 392 g/mol. The molecule has 0 unspecified atom stereocenters. The standard InChI is InChI=1S/C21H37BO4Si/c1-15(2)24-18-13-17(22-25-20(5,6)21(7,8)26-22)12-11-16(18)14-19(3,4)27(9,10)23/h11-13,15,23H,14H2,1-10H3. The van der Waals surface area contributed by atoms with Crippen LogP contribution < -0.4 is 10.2 Å². The quantitative estimate of drug-likeness (QED) is 0.734. The summed E-state index contributed by atoms with van der Waals surface area (Å²) in [4.78, 5) is 10.7. The van der Waals surface area contributed by atoms with Gasteiger partial charge in [0.15, 0.2) is 8.32 Å². The summed E-state index contributed by atoms with van der Waals surface area (Å²) in [6, 6.07) is 6.20. The molecule has 0 spiro atoms. The van der Waals surface area contributed by atoms with Gasteiger partial charge in [-0.2, -0.15) is 0 Å². The molecule has 1 aromatic rings. The first-order valence-corrected chi connectivity index (χ1v) is 12.9. The Kier molecular flexibility index (Phi) is 6.00. The molecule has 0 bridgehead atoms. The van der Waals surface area contributed by atoms with Crippen LogP contribution in [0.15, 0.2) is 18.2 Å². The van der Waals surface area contributed by atoms with Gasteiger partial charge in [-0.3, -0.25) is 0 Å². The molecule has 0 saturated carbocycles. The zero-order valence-electron chi connectivity index (χ0n) is 18.8. The maximum absolute atomic E-state index is 10.7. The SMILES string of the molecule is CC(C)Oc1cc(B2OC(C)(C)C(C)(C)O2)ccc1CC(C)(C)[Si](C)(C)O. The molecule has 0 atom stereocenters. The van der Waals surface area contributed by atoms with Gasteiger partial charge in [-0.25, -0.2) is 0 Å². The molecule has 0 aromatic heterocycles. The predicted molar refractivity (Wildman–Crippen MR) is 115 cm³/mol. The Hall–Kier alpha value is -0.818. The number of hydrogen-bond acceptors (Lipinski definition) is 4. The minimum absolute atomic E-state index is 0.0693. The van der Waals surface area contributed by atoms with E-state index in [1.807, 2.05) is 33.0 Å². The van der Waals surface area contributed by atoms with Gasteiger partial charge in [-0.1, -0.05) is 26.0 Å². The van der Waals surface area contributed by atoms with E-state index in [2.05, 4.69) is 53.7 Å². The van der Waals surface area contributed by atoms with Crippen LogP contribution >= 0.6 is 0 Å². The van der Waals surface area contributed by atoms with Crippen molar-refractivity contribution in [2.24, 2.45) is 0 Å². The van der Waals surface area contributed by atoms with E-state index in [-0.39, 0.29) is 22.3 Å². The smallest absolute Gasteiger partial charge is 0.491 e. The summed E-state index contributed by atoms with van der Waals surface area (Å²) in [6.45, 7) is 20.6. The third-order valence-corrected chi connectivity index (χ3v) is 9.76. The van der Waals surface area contributed by atoms with Crippen molar-refractivity contribution in [2.75, 3.05) is 0 Å². The summed E-state index contributed by atoms with van der Waals surface area (Å²) in [5, 5.41) is -0.159. The van der Waals surface area contributed by atoms with E-state index in [1.54, 1.807) is 0 Å². The number of ether oxygens (including phenoxy) is 1. The van der Waals surface area contributed by atoms with Crippen LogP contribution in [0.2, 0.25) is 18.1 Å². The molecule has 1 aromatic carbocycles. The molecule has 1 aliphatic rings.